The Bertz CT molecular complexity index is 414. The Morgan fingerprint density at radius 3 is 2.67 bits per heavy atom. The van der Waals surface area contributed by atoms with Gasteiger partial charge in [0.1, 0.15) is 5.82 Å². The fourth-order valence-corrected chi connectivity index (χ4v) is 2.30. The molecule has 0 radical (unpaired) electrons. The van der Waals surface area contributed by atoms with Crippen LogP contribution in [-0.4, -0.2) is 36.5 Å². The molecule has 1 amide bonds. The average Bonchev–Trinajstić information content (AvgIpc) is 2.40. The molecular weight excluding hydrogens is 231 g/mol. The van der Waals surface area contributed by atoms with Crippen molar-refractivity contribution in [3.8, 4) is 0 Å². The third-order valence-corrected chi connectivity index (χ3v) is 3.49. The van der Waals surface area contributed by atoms with Gasteiger partial charge in [0.15, 0.2) is 0 Å². The summed E-state index contributed by atoms with van der Waals surface area (Å²) in [5, 5.41) is 2.92. The van der Waals surface area contributed by atoms with Crippen LogP contribution in [0.25, 0.3) is 0 Å². The van der Waals surface area contributed by atoms with Crippen molar-refractivity contribution in [2.45, 2.75) is 25.8 Å². The first kappa shape index (κ1) is 13.0. The van der Waals surface area contributed by atoms with Gasteiger partial charge in [-0.05, 0) is 31.5 Å². The maximum Gasteiger partial charge on any atom is 0.254 e. The number of piperidine rings is 1. The van der Waals surface area contributed by atoms with Gasteiger partial charge in [-0.1, -0.05) is 19.1 Å². The van der Waals surface area contributed by atoms with Crippen LogP contribution in [0.5, 0.6) is 0 Å². The van der Waals surface area contributed by atoms with Gasteiger partial charge < -0.3 is 10.2 Å². The van der Waals surface area contributed by atoms with E-state index in [1.165, 1.54) is 12.1 Å². The van der Waals surface area contributed by atoms with Crippen LogP contribution >= 0.6 is 0 Å². The zero-order valence-electron chi connectivity index (χ0n) is 10.7. The number of halogens is 1. The molecule has 1 aromatic rings. The highest BCUT2D eigenvalue weighted by Crippen LogP contribution is 2.12. The fourth-order valence-electron chi connectivity index (χ4n) is 2.30. The van der Waals surface area contributed by atoms with Crippen molar-refractivity contribution in [1.29, 1.82) is 0 Å². The minimum atomic E-state index is -0.457. The molecule has 3 nitrogen and oxygen atoms in total. The highest BCUT2D eigenvalue weighted by Gasteiger charge is 2.21. The van der Waals surface area contributed by atoms with E-state index in [0.717, 1.165) is 32.5 Å². The van der Waals surface area contributed by atoms with Gasteiger partial charge in [-0.2, -0.15) is 0 Å². The van der Waals surface area contributed by atoms with Gasteiger partial charge >= 0.3 is 0 Å². The van der Waals surface area contributed by atoms with Crippen LogP contribution in [0.3, 0.4) is 0 Å². The smallest absolute Gasteiger partial charge is 0.254 e. The number of hydrogen-bond donors (Lipinski definition) is 1. The molecular formula is C14H19FN2O. The number of benzene rings is 1. The molecule has 0 bridgehead atoms. The van der Waals surface area contributed by atoms with E-state index in [1.807, 2.05) is 0 Å². The third kappa shape index (κ3) is 3.07. The Kier molecular flexibility index (Phi) is 4.31. The molecule has 1 heterocycles. The van der Waals surface area contributed by atoms with Crippen LogP contribution in [0.4, 0.5) is 4.39 Å². The van der Waals surface area contributed by atoms with Crippen LogP contribution in [0.1, 0.15) is 30.1 Å². The largest absolute Gasteiger partial charge is 0.349 e. The van der Waals surface area contributed by atoms with Gasteiger partial charge in [-0.3, -0.25) is 4.79 Å². The summed E-state index contributed by atoms with van der Waals surface area (Å²) in [5.41, 5.74) is 0.135. The molecule has 98 valence electrons. The van der Waals surface area contributed by atoms with E-state index in [2.05, 4.69) is 17.1 Å². The maximum atomic E-state index is 13.4. The summed E-state index contributed by atoms with van der Waals surface area (Å²) in [6.45, 7) is 5.18. The average molecular weight is 250 g/mol. The molecule has 2 rings (SSSR count). The normalized spacial score (nSPS) is 17.7. The van der Waals surface area contributed by atoms with Gasteiger partial charge in [-0.15, -0.1) is 0 Å². The molecule has 1 aromatic carbocycles. The monoisotopic (exact) mass is 250 g/mol. The topological polar surface area (TPSA) is 32.3 Å². The van der Waals surface area contributed by atoms with E-state index < -0.39 is 5.82 Å². The maximum absolute atomic E-state index is 13.4. The number of carbonyl (C=O) groups excluding carboxylic acids is 1. The van der Waals surface area contributed by atoms with Crippen molar-refractivity contribution in [3.05, 3.63) is 35.6 Å². The molecule has 1 fully saturated rings. The second-order valence-electron chi connectivity index (χ2n) is 4.66. The summed E-state index contributed by atoms with van der Waals surface area (Å²) in [4.78, 5) is 14.3. The number of nitrogens with one attached hydrogen (secondary N) is 1. The molecule has 1 aliphatic rings. The lowest BCUT2D eigenvalue weighted by molar-refractivity contribution is 0.0908. The Morgan fingerprint density at radius 2 is 2.06 bits per heavy atom. The first-order chi connectivity index (χ1) is 8.70. The van der Waals surface area contributed by atoms with E-state index in [4.69, 9.17) is 0 Å². The van der Waals surface area contributed by atoms with Crippen molar-refractivity contribution in [2.75, 3.05) is 19.6 Å². The van der Waals surface area contributed by atoms with Crippen molar-refractivity contribution >= 4 is 5.91 Å². The Balaban J connectivity index is 1.91. The number of amides is 1. The molecule has 0 atom stereocenters. The second-order valence-corrected chi connectivity index (χ2v) is 4.66. The van der Waals surface area contributed by atoms with Crippen molar-refractivity contribution < 1.29 is 9.18 Å². The predicted molar refractivity (Wildman–Crippen MR) is 69.0 cm³/mol. The number of nitrogens with zero attached hydrogens (tertiary/aromatic N) is 1. The van der Waals surface area contributed by atoms with Crippen molar-refractivity contribution in [1.82, 2.24) is 10.2 Å². The van der Waals surface area contributed by atoms with Crippen LogP contribution < -0.4 is 5.32 Å². The van der Waals surface area contributed by atoms with Crippen molar-refractivity contribution in [3.63, 3.8) is 0 Å². The lowest BCUT2D eigenvalue weighted by Gasteiger charge is -2.31. The van der Waals surface area contributed by atoms with E-state index in [-0.39, 0.29) is 17.5 Å². The standard InChI is InChI=1S/C14H19FN2O/c1-2-17-9-7-11(8-10-17)16-14(18)12-5-3-4-6-13(12)15/h3-6,11H,2,7-10H2,1H3,(H,16,18). The van der Waals surface area contributed by atoms with Crippen molar-refractivity contribution in [2.24, 2.45) is 0 Å². The first-order valence-corrected chi connectivity index (χ1v) is 6.48. The summed E-state index contributed by atoms with van der Waals surface area (Å²) in [6.07, 6.45) is 1.88. The van der Waals surface area contributed by atoms with Gasteiger partial charge in [0.25, 0.3) is 5.91 Å². The lowest BCUT2D eigenvalue weighted by atomic mass is 10.0. The molecule has 0 aromatic heterocycles. The highest BCUT2D eigenvalue weighted by molar-refractivity contribution is 5.94. The van der Waals surface area contributed by atoms with Gasteiger partial charge in [-0.25, -0.2) is 4.39 Å². The second kappa shape index (κ2) is 5.96. The molecule has 0 saturated carbocycles. The third-order valence-electron chi connectivity index (χ3n) is 3.49. The number of rotatable bonds is 3. The van der Waals surface area contributed by atoms with E-state index >= 15 is 0 Å². The molecule has 1 aliphatic heterocycles. The van der Waals surface area contributed by atoms with Gasteiger partial charge in [0, 0.05) is 19.1 Å². The quantitative estimate of drug-likeness (QED) is 0.890. The minimum Gasteiger partial charge on any atom is -0.349 e. The zero-order chi connectivity index (χ0) is 13.0. The van der Waals surface area contributed by atoms with Gasteiger partial charge in [0.2, 0.25) is 0 Å². The number of hydrogen-bond acceptors (Lipinski definition) is 2. The van der Waals surface area contributed by atoms with E-state index in [1.54, 1.807) is 12.1 Å². The van der Waals surface area contributed by atoms with Crippen LogP contribution in [0, 0.1) is 5.82 Å². The Labute approximate surface area is 107 Å². The fraction of sp³-hybridized carbons (Fsp3) is 0.500. The summed E-state index contributed by atoms with van der Waals surface area (Å²) < 4.78 is 13.4. The Hall–Kier alpha value is -1.42. The first-order valence-electron chi connectivity index (χ1n) is 6.48. The molecule has 0 spiro atoms. The summed E-state index contributed by atoms with van der Waals surface area (Å²) in [6, 6.07) is 6.27. The summed E-state index contributed by atoms with van der Waals surface area (Å²) in [7, 11) is 0. The summed E-state index contributed by atoms with van der Waals surface area (Å²) in [5.74, 6) is -0.760. The molecule has 1 N–H and O–H groups in total. The number of likely N-dealkylation sites (tertiary alicyclic amines) is 1. The molecule has 18 heavy (non-hydrogen) atoms. The molecule has 1 saturated heterocycles. The van der Waals surface area contributed by atoms with Gasteiger partial charge in [0.05, 0.1) is 5.56 Å². The predicted octanol–water partition coefficient (Wildman–Crippen LogP) is 2.04. The minimum absolute atomic E-state index is 0.135. The van der Waals surface area contributed by atoms with Crippen LogP contribution in [0.15, 0.2) is 24.3 Å². The zero-order valence-corrected chi connectivity index (χ0v) is 10.7. The molecule has 0 aliphatic carbocycles. The van der Waals surface area contributed by atoms with E-state index in [0.29, 0.717) is 0 Å². The molecule has 4 heteroatoms. The summed E-state index contributed by atoms with van der Waals surface area (Å²) >= 11 is 0. The highest BCUT2D eigenvalue weighted by atomic mass is 19.1. The van der Waals surface area contributed by atoms with Crippen LogP contribution in [-0.2, 0) is 0 Å². The SMILES string of the molecule is CCN1CCC(NC(=O)c2ccccc2F)CC1. The van der Waals surface area contributed by atoms with Crippen LogP contribution in [0.2, 0.25) is 0 Å². The lowest BCUT2D eigenvalue weighted by Crippen LogP contribution is -2.44. The molecule has 0 unspecified atom stereocenters. The number of carbonyl (C=O) groups is 1. The van der Waals surface area contributed by atoms with E-state index in [9.17, 15) is 9.18 Å². The Morgan fingerprint density at radius 1 is 1.39 bits per heavy atom.